The number of likely N-dealkylation sites (tertiary alicyclic amines) is 1. The maximum atomic E-state index is 12.6. The minimum atomic E-state index is -0.877. The van der Waals surface area contributed by atoms with Crippen LogP contribution in [0.15, 0.2) is 5.38 Å². The first-order valence-electron chi connectivity index (χ1n) is 7.59. The lowest BCUT2D eigenvalue weighted by atomic mass is 9.84. The molecule has 1 amide bonds. The fourth-order valence-electron chi connectivity index (χ4n) is 2.62. The number of aromatic nitrogens is 1. The van der Waals surface area contributed by atoms with E-state index in [1.165, 1.54) is 16.2 Å². The van der Waals surface area contributed by atoms with Crippen LogP contribution in [0.3, 0.4) is 0 Å². The van der Waals surface area contributed by atoms with Crippen LogP contribution in [-0.2, 0) is 9.53 Å². The van der Waals surface area contributed by atoms with Gasteiger partial charge in [0.25, 0.3) is 0 Å². The van der Waals surface area contributed by atoms with Gasteiger partial charge in [0.15, 0.2) is 5.78 Å². The molecule has 126 valence electrons. The smallest absolute Gasteiger partial charge is 0.410 e. The van der Waals surface area contributed by atoms with Crippen LogP contribution in [0, 0.1) is 12.8 Å². The van der Waals surface area contributed by atoms with Gasteiger partial charge in [-0.1, -0.05) is 0 Å². The van der Waals surface area contributed by atoms with Gasteiger partial charge in [0.05, 0.1) is 5.01 Å². The van der Waals surface area contributed by atoms with Crippen LogP contribution in [0.2, 0.25) is 0 Å². The van der Waals surface area contributed by atoms with Crippen LogP contribution in [0.25, 0.3) is 0 Å². The SMILES string of the molecule is Cc1nc(C(=O)C2C(=O)CCN(C(=O)OC(C)(C)C)[C@H]2C)cs1. The molecule has 23 heavy (non-hydrogen) atoms. The zero-order valence-corrected chi connectivity index (χ0v) is 14.9. The number of carbonyl (C=O) groups is 3. The van der Waals surface area contributed by atoms with Gasteiger partial charge in [-0.2, -0.15) is 0 Å². The first kappa shape index (κ1) is 17.6. The van der Waals surface area contributed by atoms with Gasteiger partial charge < -0.3 is 9.64 Å². The molecule has 1 aliphatic heterocycles. The Hall–Kier alpha value is -1.76. The zero-order valence-electron chi connectivity index (χ0n) is 14.1. The Kier molecular flexibility index (Phi) is 4.89. The molecule has 0 bridgehead atoms. The quantitative estimate of drug-likeness (QED) is 0.612. The molecule has 1 fully saturated rings. The fraction of sp³-hybridized carbons (Fsp3) is 0.625. The first-order chi connectivity index (χ1) is 10.6. The highest BCUT2D eigenvalue weighted by Crippen LogP contribution is 2.26. The number of ether oxygens (including phenoxy) is 1. The van der Waals surface area contributed by atoms with Crippen molar-refractivity contribution in [3.05, 3.63) is 16.1 Å². The zero-order chi connectivity index (χ0) is 17.4. The highest BCUT2D eigenvalue weighted by atomic mass is 32.1. The van der Waals surface area contributed by atoms with Crippen molar-refractivity contribution in [2.75, 3.05) is 6.54 Å². The molecule has 2 rings (SSSR count). The van der Waals surface area contributed by atoms with Crippen molar-refractivity contribution in [3.8, 4) is 0 Å². The molecule has 7 heteroatoms. The standard InChI is InChI=1S/C16H22N2O4S/c1-9-13(14(20)11-8-23-10(2)17-11)12(19)6-7-18(9)15(21)22-16(3,4)5/h8-9,13H,6-7H2,1-5H3/t9-,13?/m0/s1. The van der Waals surface area contributed by atoms with Crippen molar-refractivity contribution in [3.63, 3.8) is 0 Å². The second-order valence-corrected chi connectivity index (χ2v) is 7.79. The van der Waals surface area contributed by atoms with Gasteiger partial charge in [0.2, 0.25) is 0 Å². The van der Waals surface area contributed by atoms with E-state index in [4.69, 9.17) is 4.74 Å². The Morgan fingerprint density at radius 1 is 1.39 bits per heavy atom. The normalized spacial score (nSPS) is 22.1. The average Bonchev–Trinajstić information content (AvgIpc) is 2.83. The molecular formula is C16H22N2O4S. The molecule has 0 saturated carbocycles. The van der Waals surface area contributed by atoms with Crippen LogP contribution in [0.4, 0.5) is 4.79 Å². The number of ketones is 2. The van der Waals surface area contributed by atoms with E-state index in [0.717, 1.165) is 5.01 Å². The van der Waals surface area contributed by atoms with Crippen LogP contribution in [0.5, 0.6) is 0 Å². The Morgan fingerprint density at radius 2 is 2.04 bits per heavy atom. The highest BCUT2D eigenvalue weighted by Gasteiger charge is 2.43. The summed E-state index contributed by atoms with van der Waals surface area (Å²) < 4.78 is 5.37. The monoisotopic (exact) mass is 338 g/mol. The summed E-state index contributed by atoms with van der Waals surface area (Å²) in [6, 6.07) is -0.541. The highest BCUT2D eigenvalue weighted by molar-refractivity contribution is 7.09. The van der Waals surface area contributed by atoms with Crippen LogP contribution in [-0.4, -0.2) is 45.7 Å². The summed E-state index contributed by atoms with van der Waals surface area (Å²) in [4.78, 5) is 42.8. The maximum Gasteiger partial charge on any atom is 0.410 e. The summed E-state index contributed by atoms with van der Waals surface area (Å²) >= 11 is 1.37. The van der Waals surface area contributed by atoms with Gasteiger partial charge in [-0.15, -0.1) is 11.3 Å². The molecule has 1 aliphatic rings. The average molecular weight is 338 g/mol. The van der Waals surface area contributed by atoms with E-state index < -0.39 is 23.7 Å². The Balaban J connectivity index is 2.20. The van der Waals surface area contributed by atoms with Crippen molar-refractivity contribution < 1.29 is 19.1 Å². The number of Topliss-reactive ketones (excluding diaryl/α,β-unsaturated/α-hetero) is 2. The second-order valence-electron chi connectivity index (χ2n) is 6.72. The van der Waals surface area contributed by atoms with Crippen LogP contribution >= 0.6 is 11.3 Å². The molecule has 1 aromatic rings. The minimum Gasteiger partial charge on any atom is -0.444 e. The van der Waals surface area contributed by atoms with Crippen molar-refractivity contribution >= 4 is 29.0 Å². The third kappa shape index (κ3) is 3.96. The molecule has 0 N–H and O–H groups in total. The van der Waals surface area contributed by atoms with Gasteiger partial charge in [0.1, 0.15) is 23.0 Å². The number of carbonyl (C=O) groups excluding carboxylic acids is 3. The van der Waals surface area contributed by atoms with Gasteiger partial charge in [-0.05, 0) is 34.6 Å². The number of nitrogens with zero attached hydrogens (tertiary/aromatic N) is 2. The molecule has 6 nitrogen and oxygen atoms in total. The lowest BCUT2D eigenvalue weighted by Crippen LogP contribution is -2.54. The summed E-state index contributed by atoms with van der Waals surface area (Å²) in [6.45, 7) is 9.14. The van der Waals surface area contributed by atoms with Crippen LogP contribution < -0.4 is 0 Å². The van der Waals surface area contributed by atoms with E-state index in [1.54, 1.807) is 40.0 Å². The summed E-state index contributed by atoms with van der Waals surface area (Å²) in [5, 5.41) is 2.43. The number of hydrogen-bond donors (Lipinski definition) is 0. The molecule has 0 spiro atoms. The van der Waals surface area contributed by atoms with Gasteiger partial charge in [0, 0.05) is 24.4 Å². The maximum absolute atomic E-state index is 12.6. The minimum absolute atomic E-state index is 0.145. The lowest BCUT2D eigenvalue weighted by Gasteiger charge is -2.38. The topological polar surface area (TPSA) is 76.6 Å². The van der Waals surface area contributed by atoms with Crippen molar-refractivity contribution in [2.24, 2.45) is 5.92 Å². The predicted octanol–water partition coefficient (Wildman–Crippen LogP) is 2.85. The Bertz CT molecular complexity index is 632. The Labute approximate surface area is 139 Å². The number of rotatable bonds is 2. The number of thiazole rings is 1. The predicted molar refractivity (Wildman–Crippen MR) is 86.7 cm³/mol. The number of piperidine rings is 1. The third-order valence-corrected chi connectivity index (χ3v) is 4.48. The summed E-state index contributed by atoms with van der Waals surface area (Å²) in [5.74, 6) is -1.34. The van der Waals surface area contributed by atoms with Gasteiger partial charge in [-0.3, -0.25) is 9.59 Å². The summed E-state index contributed by atoms with van der Waals surface area (Å²) in [5.41, 5.74) is -0.326. The largest absolute Gasteiger partial charge is 0.444 e. The molecule has 0 radical (unpaired) electrons. The Morgan fingerprint density at radius 3 is 2.57 bits per heavy atom. The first-order valence-corrected chi connectivity index (χ1v) is 8.47. The summed E-state index contributed by atoms with van der Waals surface area (Å²) in [7, 11) is 0. The van der Waals surface area contributed by atoms with E-state index in [1.807, 2.05) is 0 Å². The molecule has 1 aromatic heterocycles. The van der Waals surface area contributed by atoms with E-state index in [9.17, 15) is 14.4 Å². The second kappa shape index (κ2) is 6.39. The number of amides is 1. The molecule has 0 aromatic carbocycles. The van der Waals surface area contributed by atoms with Crippen molar-refractivity contribution in [1.29, 1.82) is 0 Å². The van der Waals surface area contributed by atoms with Gasteiger partial charge >= 0.3 is 6.09 Å². The van der Waals surface area contributed by atoms with E-state index >= 15 is 0 Å². The van der Waals surface area contributed by atoms with E-state index in [2.05, 4.69) is 4.98 Å². The summed E-state index contributed by atoms with van der Waals surface area (Å²) in [6.07, 6.45) is -0.340. The number of aryl methyl sites for hydroxylation is 1. The fourth-order valence-corrected chi connectivity index (χ4v) is 3.22. The third-order valence-electron chi connectivity index (χ3n) is 3.70. The molecule has 0 aliphatic carbocycles. The van der Waals surface area contributed by atoms with Crippen LogP contribution in [0.1, 0.15) is 49.6 Å². The molecular weight excluding hydrogens is 316 g/mol. The molecule has 2 heterocycles. The molecule has 1 saturated heterocycles. The van der Waals surface area contributed by atoms with E-state index in [-0.39, 0.29) is 24.5 Å². The lowest BCUT2D eigenvalue weighted by molar-refractivity contribution is -0.126. The van der Waals surface area contributed by atoms with Gasteiger partial charge in [-0.25, -0.2) is 9.78 Å². The molecule has 2 atom stereocenters. The van der Waals surface area contributed by atoms with Crippen molar-refractivity contribution in [1.82, 2.24) is 9.88 Å². The molecule has 1 unspecified atom stereocenters. The van der Waals surface area contributed by atoms with E-state index in [0.29, 0.717) is 5.69 Å². The number of hydrogen-bond acceptors (Lipinski definition) is 6. The van der Waals surface area contributed by atoms with Crippen molar-refractivity contribution in [2.45, 2.75) is 52.7 Å².